The molecular formula is C14H20FN3O. The average molecular weight is 265 g/mol. The fraction of sp³-hybridized carbons (Fsp3) is 0.571. The summed E-state index contributed by atoms with van der Waals surface area (Å²) in [6.45, 7) is 6.36. The van der Waals surface area contributed by atoms with E-state index >= 15 is 0 Å². The van der Waals surface area contributed by atoms with Gasteiger partial charge in [0.15, 0.2) is 0 Å². The molecule has 0 unspecified atom stereocenters. The lowest BCUT2D eigenvalue weighted by Gasteiger charge is -2.34. The predicted octanol–water partition coefficient (Wildman–Crippen LogP) is 1.82. The molecular weight excluding hydrogens is 245 g/mol. The third kappa shape index (κ3) is 3.73. The Bertz CT molecular complexity index is 425. The maximum Gasteiger partial charge on any atom is 0.270 e. The molecule has 104 valence electrons. The summed E-state index contributed by atoms with van der Waals surface area (Å²) in [5.41, 5.74) is 0.271. The number of nitrogens with one attached hydrogen (secondary N) is 1. The standard InChI is InChI=1S/C14H20FN3O/c1-10(2)18-7-5-12(6-8-18)17-14(19)13-4-3-11(15)9-16-13/h3-4,9-10,12H,5-8H2,1-2H3,(H,17,19). The van der Waals surface area contributed by atoms with Gasteiger partial charge in [-0.05, 0) is 38.8 Å². The van der Waals surface area contributed by atoms with Gasteiger partial charge in [-0.15, -0.1) is 0 Å². The van der Waals surface area contributed by atoms with E-state index in [1.54, 1.807) is 0 Å². The van der Waals surface area contributed by atoms with Crippen molar-refractivity contribution in [3.63, 3.8) is 0 Å². The van der Waals surface area contributed by atoms with Crippen LogP contribution in [0.2, 0.25) is 0 Å². The number of rotatable bonds is 3. The second-order valence-electron chi connectivity index (χ2n) is 5.24. The summed E-state index contributed by atoms with van der Waals surface area (Å²) in [5, 5.41) is 2.96. The summed E-state index contributed by atoms with van der Waals surface area (Å²) in [4.78, 5) is 18.1. The predicted molar refractivity (Wildman–Crippen MR) is 71.4 cm³/mol. The Morgan fingerprint density at radius 1 is 1.42 bits per heavy atom. The van der Waals surface area contributed by atoms with Crippen molar-refractivity contribution in [2.75, 3.05) is 13.1 Å². The van der Waals surface area contributed by atoms with Gasteiger partial charge in [0.25, 0.3) is 5.91 Å². The number of carbonyl (C=O) groups is 1. The minimum absolute atomic E-state index is 0.189. The molecule has 1 saturated heterocycles. The molecule has 0 spiro atoms. The van der Waals surface area contributed by atoms with Crippen molar-refractivity contribution >= 4 is 5.91 Å². The zero-order chi connectivity index (χ0) is 13.8. The molecule has 0 atom stereocenters. The quantitative estimate of drug-likeness (QED) is 0.906. The van der Waals surface area contributed by atoms with E-state index in [2.05, 4.69) is 29.0 Å². The van der Waals surface area contributed by atoms with Crippen molar-refractivity contribution in [2.24, 2.45) is 0 Å². The van der Waals surface area contributed by atoms with Crippen molar-refractivity contribution in [3.05, 3.63) is 29.8 Å². The van der Waals surface area contributed by atoms with Gasteiger partial charge in [0, 0.05) is 25.2 Å². The van der Waals surface area contributed by atoms with Gasteiger partial charge < -0.3 is 10.2 Å². The highest BCUT2D eigenvalue weighted by molar-refractivity contribution is 5.92. The molecule has 2 rings (SSSR count). The van der Waals surface area contributed by atoms with Crippen LogP contribution in [0.3, 0.4) is 0 Å². The number of piperidine rings is 1. The Hall–Kier alpha value is -1.49. The minimum atomic E-state index is -0.429. The number of aromatic nitrogens is 1. The molecule has 1 N–H and O–H groups in total. The first-order chi connectivity index (χ1) is 9.06. The molecule has 0 bridgehead atoms. The number of halogens is 1. The second kappa shape index (κ2) is 6.10. The third-order valence-electron chi connectivity index (χ3n) is 3.56. The molecule has 5 heteroatoms. The van der Waals surface area contributed by atoms with E-state index in [1.807, 2.05) is 0 Å². The Kier molecular flexibility index (Phi) is 4.47. The van der Waals surface area contributed by atoms with E-state index in [-0.39, 0.29) is 17.6 Å². The van der Waals surface area contributed by atoms with Gasteiger partial charge in [-0.3, -0.25) is 4.79 Å². The number of hydrogen-bond donors (Lipinski definition) is 1. The first-order valence-corrected chi connectivity index (χ1v) is 6.72. The molecule has 1 amide bonds. The highest BCUT2D eigenvalue weighted by atomic mass is 19.1. The fourth-order valence-electron chi connectivity index (χ4n) is 2.33. The van der Waals surface area contributed by atoms with Crippen molar-refractivity contribution in [1.82, 2.24) is 15.2 Å². The van der Waals surface area contributed by atoms with Crippen molar-refractivity contribution < 1.29 is 9.18 Å². The summed E-state index contributed by atoms with van der Waals surface area (Å²) in [6.07, 6.45) is 2.96. The van der Waals surface area contributed by atoms with Crippen LogP contribution < -0.4 is 5.32 Å². The lowest BCUT2D eigenvalue weighted by molar-refractivity contribution is 0.0895. The van der Waals surface area contributed by atoms with Gasteiger partial charge in [-0.25, -0.2) is 9.37 Å². The minimum Gasteiger partial charge on any atom is -0.348 e. The topological polar surface area (TPSA) is 45.2 Å². The Balaban J connectivity index is 1.85. The fourth-order valence-corrected chi connectivity index (χ4v) is 2.33. The zero-order valence-electron chi connectivity index (χ0n) is 11.4. The number of hydrogen-bond acceptors (Lipinski definition) is 3. The largest absolute Gasteiger partial charge is 0.348 e. The van der Waals surface area contributed by atoms with Crippen molar-refractivity contribution in [1.29, 1.82) is 0 Å². The zero-order valence-corrected chi connectivity index (χ0v) is 11.4. The number of nitrogens with zero attached hydrogens (tertiary/aromatic N) is 2. The van der Waals surface area contributed by atoms with Crippen LogP contribution in [0.25, 0.3) is 0 Å². The van der Waals surface area contributed by atoms with E-state index in [4.69, 9.17) is 0 Å². The maximum atomic E-state index is 12.7. The number of likely N-dealkylation sites (tertiary alicyclic amines) is 1. The molecule has 1 aromatic rings. The van der Waals surface area contributed by atoms with E-state index in [0.717, 1.165) is 32.1 Å². The molecule has 1 aliphatic heterocycles. The normalized spacial score (nSPS) is 17.7. The molecule has 4 nitrogen and oxygen atoms in total. The van der Waals surface area contributed by atoms with Gasteiger partial charge in [0.2, 0.25) is 0 Å². The lowest BCUT2D eigenvalue weighted by atomic mass is 10.0. The maximum absolute atomic E-state index is 12.7. The molecule has 1 aliphatic rings. The first kappa shape index (κ1) is 13.9. The summed E-state index contributed by atoms with van der Waals surface area (Å²) in [6, 6.07) is 3.40. The second-order valence-corrected chi connectivity index (χ2v) is 5.24. The van der Waals surface area contributed by atoms with Crippen LogP contribution in [0.4, 0.5) is 4.39 Å². The van der Waals surface area contributed by atoms with Gasteiger partial charge in [0.05, 0.1) is 6.20 Å². The molecule has 0 saturated carbocycles. The van der Waals surface area contributed by atoms with Crippen LogP contribution in [-0.4, -0.2) is 41.0 Å². The van der Waals surface area contributed by atoms with Gasteiger partial charge >= 0.3 is 0 Å². The summed E-state index contributed by atoms with van der Waals surface area (Å²) in [7, 11) is 0. The van der Waals surface area contributed by atoms with Gasteiger partial charge in [0.1, 0.15) is 11.5 Å². The van der Waals surface area contributed by atoms with E-state index in [9.17, 15) is 9.18 Å². The van der Waals surface area contributed by atoms with Crippen LogP contribution in [0.5, 0.6) is 0 Å². The van der Waals surface area contributed by atoms with E-state index in [1.165, 1.54) is 12.1 Å². The molecule has 1 fully saturated rings. The third-order valence-corrected chi connectivity index (χ3v) is 3.56. The number of amides is 1. The highest BCUT2D eigenvalue weighted by Gasteiger charge is 2.22. The van der Waals surface area contributed by atoms with Gasteiger partial charge in [-0.2, -0.15) is 0 Å². The molecule has 2 heterocycles. The van der Waals surface area contributed by atoms with Crippen LogP contribution in [0.15, 0.2) is 18.3 Å². The average Bonchev–Trinajstić information content (AvgIpc) is 2.40. The van der Waals surface area contributed by atoms with Crippen LogP contribution in [-0.2, 0) is 0 Å². The summed E-state index contributed by atoms with van der Waals surface area (Å²) in [5.74, 6) is -0.648. The Labute approximate surface area is 113 Å². The van der Waals surface area contributed by atoms with Crippen LogP contribution in [0, 0.1) is 5.82 Å². The SMILES string of the molecule is CC(C)N1CCC(NC(=O)c2ccc(F)cn2)CC1. The van der Waals surface area contributed by atoms with Crippen molar-refractivity contribution in [3.8, 4) is 0 Å². The number of pyridine rings is 1. The summed E-state index contributed by atoms with van der Waals surface area (Å²) >= 11 is 0. The van der Waals surface area contributed by atoms with Crippen molar-refractivity contribution in [2.45, 2.75) is 38.8 Å². The summed E-state index contributed by atoms with van der Waals surface area (Å²) < 4.78 is 12.7. The first-order valence-electron chi connectivity index (χ1n) is 6.72. The monoisotopic (exact) mass is 265 g/mol. The molecule has 1 aromatic heterocycles. The lowest BCUT2D eigenvalue weighted by Crippen LogP contribution is -2.46. The van der Waals surface area contributed by atoms with Crippen LogP contribution in [0.1, 0.15) is 37.2 Å². The molecule has 0 radical (unpaired) electrons. The smallest absolute Gasteiger partial charge is 0.270 e. The molecule has 19 heavy (non-hydrogen) atoms. The highest BCUT2D eigenvalue weighted by Crippen LogP contribution is 2.13. The van der Waals surface area contributed by atoms with E-state index in [0.29, 0.717) is 6.04 Å². The molecule has 0 aromatic carbocycles. The Morgan fingerprint density at radius 2 is 2.11 bits per heavy atom. The number of carbonyl (C=O) groups excluding carboxylic acids is 1. The molecule has 0 aliphatic carbocycles. The Morgan fingerprint density at radius 3 is 2.63 bits per heavy atom. The van der Waals surface area contributed by atoms with Gasteiger partial charge in [-0.1, -0.05) is 0 Å². The van der Waals surface area contributed by atoms with Crippen LogP contribution >= 0.6 is 0 Å². The van der Waals surface area contributed by atoms with E-state index < -0.39 is 5.82 Å².